The van der Waals surface area contributed by atoms with Crippen LogP contribution in [-0.2, 0) is 0 Å². The summed E-state index contributed by atoms with van der Waals surface area (Å²) in [5.74, 6) is -1.22. The molecular formula is C17H13N3O3. The van der Waals surface area contributed by atoms with Gasteiger partial charge in [0.15, 0.2) is 0 Å². The first-order valence-electron chi connectivity index (χ1n) is 6.77. The van der Waals surface area contributed by atoms with Crippen LogP contribution < -0.4 is 5.73 Å². The molecule has 3 aromatic rings. The molecule has 23 heavy (non-hydrogen) atoms. The Morgan fingerprint density at radius 3 is 2.61 bits per heavy atom. The van der Waals surface area contributed by atoms with Crippen LogP contribution in [0, 0.1) is 5.41 Å². The van der Waals surface area contributed by atoms with Crippen molar-refractivity contribution in [1.29, 1.82) is 5.41 Å². The number of aromatic carboxylic acids is 1. The zero-order valence-corrected chi connectivity index (χ0v) is 11.9. The molecule has 0 saturated carbocycles. The maximum atomic E-state index is 11.4. The maximum Gasteiger partial charge on any atom is 0.336 e. The van der Waals surface area contributed by atoms with E-state index < -0.39 is 5.97 Å². The third-order valence-corrected chi connectivity index (χ3v) is 3.57. The zero-order valence-electron chi connectivity index (χ0n) is 11.9. The molecule has 3 rings (SSSR count). The molecule has 0 atom stereocenters. The summed E-state index contributed by atoms with van der Waals surface area (Å²) in [6.07, 6.45) is 1.55. The van der Waals surface area contributed by atoms with Crippen molar-refractivity contribution in [3.05, 3.63) is 59.8 Å². The van der Waals surface area contributed by atoms with E-state index in [9.17, 15) is 15.0 Å². The largest absolute Gasteiger partial charge is 0.506 e. The lowest BCUT2D eigenvalue weighted by molar-refractivity contribution is 0.0699. The van der Waals surface area contributed by atoms with Gasteiger partial charge in [-0.15, -0.1) is 0 Å². The smallest absolute Gasteiger partial charge is 0.336 e. The molecule has 0 saturated heterocycles. The van der Waals surface area contributed by atoms with E-state index >= 15 is 0 Å². The molecule has 0 bridgehead atoms. The van der Waals surface area contributed by atoms with Crippen molar-refractivity contribution in [3.63, 3.8) is 0 Å². The minimum atomic E-state index is -1.09. The fraction of sp³-hybridized carbons (Fsp3) is 0. The van der Waals surface area contributed by atoms with E-state index in [4.69, 9.17) is 11.1 Å². The van der Waals surface area contributed by atoms with Crippen LogP contribution in [0.4, 0.5) is 0 Å². The first-order chi connectivity index (χ1) is 11.0. The first kappa shape index (κ1) is 14.5. The van der Waals surface area contributed by atoms with Gasteiger partial charge in [0.1, 0.15) is 17.1 Å². The van der Waals surface area contributed by atoms with Gasteiger partial charge < -0.3 is 15.9 Å². The van der Waals surface area contributed by atoms with Crippen LogP contribution in [0.1, 0.15) is 15.9 Å². The lowest BCUT2D eigenvalue weighted by Gasteiger charge is -2.08. The molecule has 0 radical (unpaired) electrons. The van der Waals surface area contributed by atoms with Gasteiger partial charge in [-0.05, 0) is 29.8 Å². The van der Waals surface area contributed by atoms with Crippen LogP contribution in [0.25, 0.3) is 22.0 Å². The number of carboxylic acids is 1. The molecule has 0 fully saturated rings. The molecule has 5 N–H and O–H groups in total. The van der Waals surface area contributed by atoms with E-state index in [1.807, 2.05) is 6.07 Å². The van der Waals surface area contributed by atoms with Gasteiger partial charge in [-0.25, -0.2) is 4.79 Å². The Balaban J connectivity index is 2.24. The van der Waals surface area contributed by atoms with Gasteiger partial charge in [-0.3, -0.25) is 10.4 Å². The molecule has 0 amide bonds. The number of aromatic hydroxyl groups is 1. The number of nitrogens with zero attached hydrogens (tertiary/aromatic N) is 1. The Kier molecular flexibility index (Phi) is 3.42. The number of carbonyl (C=O) groups is 1. The van der Waals surface area contributed by atoms with Crippen molar-refractivity contribution in [2.45, 2.75) is 0 Å². The van der Waals surface area contributed by atoms with Gasteiger partial charge in [-0.1, -0.05) is 18.2 Å². The van der Waals surface area contributed by atoms with Gasteiger partial charge >= 0.3 is 5.97 Å². The number of hydrogen-bond acceptors (Lipinski definition) is 4. The number of phenols is 1. The summed E-state index contributed by atoms with van der Waals surface area (Å²) >= 11 is 0. The number of benzene rings is 2. The van der Waals surface area contributed by atoms with Gasteiger partial charge in [0.2, 0.25) is 0 Å². The number of nitrogen functional groups attached to an aromatic ring is 1. The number of nitrogens with two attached hydrogens (primary N) is 1. The predicted octanol–water partition coefficient (Wildman–Crippen LogP) is 2.59. The lowest BCUT2D eigenvalue weighted by Crippen LogP contribution is -2.10. The monoisotopic (exact) mass is 307 g/mol. The number of nitrogens with one attached hydrogen (secondary N) is 1. The SMILES string of the molecule is N=C(N)c1cccc(-c2cnc3c(O)ccc(C(=O)O)c3c2)c1. The van der Waals surface area contributed by atoms with Crippen LogP contribution in [0.15, 0.2) is 48.7 Å². The number of phenolic OH excluding ortho intramolecular Hbond substituents is 1. The zero-order chi connectivity index (χ0) is 16.6. The molecule has 0 aliphatic carbocycles. The number of fused-ring (bicyclic) bond motifs is 1. The molecule has 0 aliphatic rings. The number of rotatable bonds is 3. The number of aromatic nitrogens is 1. The predicted molar refractivity (Wildman–Crippen MR) is 86.8 cm³/mol. The van der Waals surface area contributed by atoms with Gasteiger partial charge in [0, 0.05) is 22.7 Å². The highest BCUT2D eigenvalue weighted by molar-refractivity contribution is 6.05. The second-order valence-corrected chi connectivity index (χ2v) is 5.05. The number of pyridine rings is 1. The van der Waals surface area contributed by atoms with E-state index in [1.165, 1.54) is 12.1 Å². The summed E-state index contributed by atoms with van der Waals surface area (Å²) in [5, 5.41) is 27.0. The molecule has 1 aromatic heterocycles. The van der Waals surface area contributed by atoms with Crippen LogP contribution in [0.3, 0.4) is 0 Å². The summed E-state index contributed by atoms with van der Waals surface area (Å²) in [6.45, 7) is 0. The van der Waals surface area contributed by atoms with Crippen molar-refractivity contribution in [3.8, 4) is 16.9 Å². The normalized spacial score (nSPS) is 10.6. The second-order valence-electron chi connectivity index (χ2n) is 5.05. The number of amidine groups is 1. The highest BCUT2D eigenvalue weighted by Crippen LogP contribution is 2.30. The van der Waals surface area contributed by atoms with Crippen LogP contribution in [0.2, 0.25) is 0 Å². The minimum absolute atomic E-state index is 0.0514. The van der Waals surface area contributed by atoms with Crippen LogP contribution in [0.5, 0.6) is 5.75 Å². The highest BCUT2D eigenvalue weighted by Gasteiger charge is 2.13. The molecule has 114 valence electrons. The second kappa shape index (κ2) is 5.42. The van der Waals surface area contributed by atoms with Crippen LogP contribution in [-0.4, -0.2) is 27.0 Å². The quantitative estimate of drug-likeness (QED) is 0.438. The molecule has 0 spiro atoms. The van der Waals surface area contributed by atoms with E-state index in [0.717, 1.165) is 5.56 Å². The van der Waals surface area contributed by atoms with Gasteiger partial charge in [-0.2, -0.15) is 0 Å². The van der Waals surface area contributed by atoms with Crippen molar-refractivity contribution in [2.24, 2.45) is 5.73 Å². The minimum Gasteiger partial charge on any atom is -0.506 e. The average molecular weight is 307 g/mol. The molecule has 6 nitrogen and oxygen atoms in total. The van der Waals surface area contributed by atoms with Crippen LogP contribution >= 0.6 is 0 Å². The number of carboxylic acid groups (broad SMARTS) is 1. The fourth-order valence-electron chi connectivity index (χ4n) is 2.42. The van der Waals surface area contributed by atoms with Crippen molar-refractivity contribution in [2.75, 3.05) is 0 Å². The highest BCUT2D eigenvalue weighted by atomic mass is 16.4. The topological polar surface area (TPSA) is 120 Å². The first-order valence-corrected chi connectivity index (χ1v) is 6.77. The molecule has 2 aromatic carbocycles. The summed E-state index contributed by atoms with van der Waals surface area (Å²) in [4.78, 5) is 15.5. The maximum absolute atomic E-state index is 11.4. The van der Waals surface area contributed by atoms with E-state index in [-0.39, 0.29) is 22.7 Å². The fourth-order valence-corrected chi connectivity index (χ4v) is 2.42. The van der Waals surface area contributed by atoms with Gasteiger partial charge in [0.05, 0.1) is 5.56 Å². The van der Waals surface area contributed by atoms with Crippen molar-refractivity contribution < 1.29 is 15.0 Å². The standard InChI is InChI=1S/C17H13N3O3/c18-16(19)10-3-1-2-9(6-10)11-7-13-12(17(22)23)4-5-14(21)15(13)20-8-11/h1-8,21H,(H3,18,19)(H,22,23). The Morgan fingerprint density at radius 1 is 1.13 bits per heavy atom. The Morgan fingerprint density at radius 2 is 1.91 bits per heavy atom. The molecule has 0 unspecified atom stereocenters. The molecule has 6 heteroatoms. The van der Waals surface area contributed by atoms with Crippen molar-refractivity contribution >= 4 is 22.7 Å². The lowest BCUT2D eigenvalue weighted by atomic mass is 10.0. The Bertz CT molecular complexity index is 951. The van der Waals surface area contributed by atoms with E-state index in [1.54, 1.807) is 30.5 Å². The molecule has 1 heterocycles. The van der Waals surface area contributed by atoms with E-state index in [0.29, 0.717) is 16.5 Å². The third-order valence-electron chi connectivity index (χ3n) is 3.57. The Labute approximate surface area is 131 Å². The summed E-state index contributed by atoms with van der Waals surface area (Å²) in [7, 11) is 0. The van der Waals surface area contributed by atoms with Crippen molar-refractivity contribution in [1.82, 2.24) is 4.98 Å². The van der Waals surface area contributed by atoms with Gasteiger partial charge in [0.25, 0.3) is 0 Å². The molecular weight excluding hydrogens is 294 g/mol. The van der Waals surface area contributed by atoms with E-state index in [2.05, 4.69) is 4.98 Å². The average Bonchev–Trinajstić information content (AvgIpc) is 2.54. The summed E-state index contributed by atoms with van der Waals surface area (Å²) in [6, 6.07) is 11.3. The Hall–Kier alpha value is -3.41. The molecule has 0 aliphatic heterocycles. The third kappa shape index (κ3) is 2.57. The summed E-state index contributed by atoms with van der Waals surface area (Å²) < 4.78 is 0. The number of hydrogen-bond donors (Lipinski definition) is 4. The summed E-state index contributed by atoms with van der Waals surface area (Å²) in [5.41, 5.74) is 7.79.